The highest BCUT2D eigenvalue weighted by Gasteiger charge is 2.12. The lowest BCUT2D eigenvalue weighted by Crippen LogP contribution is -2.06. The van der Waals surface area contributed by atoms with Crippen LogP contribution in [0.25, 0.3) is 0 Å². The van der Waals surface area contributed by atoms with Crippen molar-refractivity contribution in [1.82, 2.24) is 0 Å². The molecule has 21 heavy (non-hydrogen) atoms. The smallest absolute Gasteiger partial charge is 0.121 e. The van der Waals surface area contributed by atoms with E-state index in [2.05, 4.69) is 0 Å². The van der Waals surface area contributed by atoms with Crippen molar-refractivity contribution in [3.63, 3.8) is 0 Å². The van der Waals surface area contributed by atoms with Crippen LogP contribution >= 0.6 is 0 Å². The van der Waals surface area contributed by atoms with E-state index in [0.29, 0.717) is 0 Å². The second kappa shape index (κ2) is 6.64. The molecule has 0 aliphatic carbocycles. The number of aryl methyl sites for hydroxylation is 1. The second-order valence-electron chi connectivity index (χ2n) is 5.37. The average molecular weight is 286 g/mol. The van der Waals surface area contributed by atoms with Gasteiger partial charge in [0.25, 0.3) is 0 Å². The summed E-state index contributed by atoms with van der Waals surface area (Å²) in [6.45, 7) is 5.94. The van der Waals surface area contributed by atoms with Crippen molar-refractivity contribution < 1.29 is 14.6 Å². The first kappa shape index (κ1) is 15.4. The molecule has 0 saturated carbocycles. The molecule has 2 rings (SSSR count). The van der Waals surface area contributed by atoms with Crippen LogP contribution in [0.1, 0.15) is 36.6 Å². The lowest BCUT2D eigenvalue weighted by Gasteiger charge is -2.15. The molecule has 2 aromatic carbocycles. The molecular weight excluding hydrogens is 264 g/mol. The van der Waals surface area contributed by atoms with Crippen molar-refractivity contribution in [2.45, 2.75) is 33.0 Å². The van der Waals surface area contributed by atoms with E-state index in [-0.39, 0.29) is 6.10 Å². The normalized spacial score (nSPS) is 12.3. The number of methoxy groups -OCH3 is 1. The van der Waals surface area contributed by atoms with Gasteiger partial charge in [0.05, 0.1) is 13.2 Å². The predicted octanol–water partition coefficient (Wildman–Crippen LogP) is 3.87. The SMILES string of the molecule is COc1ccc(C(O)c2ccc(OC(C)C)cc2)cc1C. The molecule has 1 atom stereocenters. The van der Waals surface area contributed by atoms with Gasteiger partial charge in [0.15, 0.2) is 0 Å². The fraction of sp³-hybridized carbons (Fsp3) is 0.333. The van der Waals surface area contributed by atoms with Crippen molar-refractivity contribution in [3.8, 4) is 11.5 Å². The minimum Gasteiger partial charge on any atom is -0.496 e. The number of hydrogen-bond donors (Lipinski definition) is 1. The average Bonchev–Trinajstić information content (AvgIpc) is 2.46. The maximum Gasteiger partial charge on any atom is 0.121 e. The van der Waals surface area contributed by atoms with E-state index in [4.69, 9.17) is 9.47 Å². The van der Waals surface area contributed by atoms with Gasteiger partial charge in [0, 0.05) is 0 Å². The molecule has 0 aliphatic heterocycles. The zero-order valence-electron chi connectivity index (χ0n) is 13.0. The number of aliphatic hydroxyl groups excluding tert-OH is 1. The molecule has 0 spiro atoms. The van der Waals surface area contributed by atoms with Crippen LogP contribution in [0.5, 0.6) is 11.5 Å². The summed E-state index contributed by atoms with van der Waals surface area (Å²) < 4.78 is 10.8. The molecule has 0 aromatic heterocycles. The zero-order chi connectivity index (χ0) is 15.4. The van der Waals surface area contributed by atoms with Crippen LogP contribution in [0, 0.1) is 6.92 Å². The van der Waals surface area contributed by atoms with Gasteiger partial charge < -0.3 is 14.6 Å². The van der Waals surface area contributed by atoms with Crippen molar-refractivity contribution in [3.05, 3.63) is 59.2 Å². The fourth-order valence-corrected chi connectivity index (χ4v) is 2.27. The molecule has 0 aliphatic rings. The Morgan fingerprint density at radius 2 is 1.57 bits per heavy atom. The maximum absolute atomic E-state index is 10.5. The Morgan fingerprint density at radius 1 is 0.952 bits per heavy atom. The number of rotatable bonds is 5. The molecule has 1 unspecified atom stereocenters. The second-order valence-corrected chi connectivity index (χ2v) is 5.37. The van der Waals surface area contributed by atoms with E-state index in [1.54, 1.807) is 7.11 Å². The highest BCUT2D eigenvalue weighted by atomic mass is 16.5. The molecule has 0 heterocycles. The van der Waals surface area contributed by atoms with Gasteiger partial charge in [-0.15, -0.1) is 0 Å². The monoisotopic (exact) mass is 286 g/mol. The highest BCUT2D eigenvalue weighted by molar-refractivity contribution is 5.40. The Kier molecular flexibility index (Phi) is 4.86. The molecule has 0 fully saturated rings. The van der Waals surface area contributed by atoms with Crippen LogP contribution in [-0.2, 0) is 0 Å². The summed E-state index contributed by atoms with van der Waals surface area (Å²) in [5.74, 6) is 1.64. The van der Waals surface area contributed by atoms with Gasteiger partial charge in [-0.25, -0.2) is 0 Å². The Morgan fingerprint density at radius 3 is 2.10 bits per heavy atom. The number of hydrogen-bond acceptors (Lipinski definition) is 3. The van der Waals surface area contributed by atoms with E-state index in [9.17, 15) is 5.11 Å². The summed E-state index contributed by atoms with van der Waals surface area (Å²) in [5.41, 5.74) is 2.70. The fourth-order valence-electron chi connectivity index (χ4n) is 2.27. The van der Waals surface area contributed by atoms with E-state index >= 15 is 0 Å². The molecule has 0 radical (unpaired) electrons. The first-order valence-electron chi connectivity index (χ1n) is 7.10. The lowest BCUT2D eigenvalue weighted by molar-refractivity contribution is 0.219. The number of ether oxygens (including phenoxy) is 2. The van der Waals surface area contributed by atoms with Crippen molar-refractivity contribution in [2.75, 3.05) is 7.11 Å². The van der Waals surface area contributed by atoms with E-state index < -0.39 is 6.10 Å². The minimum atomic E-state index is -0.650. The summed E-state index contributed by atoms with van der Waals surface area (Å²) in [6.07, 6.45) is -0.507. The number of aliphatic hydroxyl groups is 1. The largest absolute Gasteiger partial charge is 0.496 e. The topological polar surface area (TPSA) is 38.7 Å². The van der Waals surface area contributed by atoms with Gasteiger partial charge in [-0.2, -0.15) is 0 Å². The van der Waals surface area contributed by atoms with Gasteiger partial charge in [-0.1, -0.05) is 18.2 Å². The molecule has 0 bridgehead atoms. The first-order chi connectivity index (χ1) is 10.0. The minimum absolute atomic E-state index is 0.144. The number of benzene rings is 2. The Bertz CT molecular complexity index is 588. The lowest BCUT2D eigenvalue weighted by atomic mass is 9.99. The van der Waals surface area contributed by atoms with E-state index in [1.807, 2.05) is 63.2 Å². The Balaban J connectivity index is 2.19. The van der Waals surface area contributed by atoms with Gasteiger partial charge in [-0.05, 0) is 61.7 Å². The highest BCUT2D eigenvalue weighted by Crippen LogP contribution is 2.27. The van der Waals surface area contributed by atoms with Gasteiger partial charge in [0.2, 0.25) is 0 Å². The first-order valence-corrected chi connectivity index (χ1v) is 7.10. The summed E-state index contributed by atoms with van der Waals surface area (Å²) >= 11 is 0. The molecule has 3 nitrogen and oxygen atoms in total. The van der Waals surface area contributed by atoms with E-state index in [1.165, 1.54) is 0 Å². The molecule has 112 valence electrons. The van der Waals surface area contributed by atoms with Crippen molar-refractivity contribution in [2.24, 2.45) is 0 Å². The van der Waals surface area contributed by atoms with Gasteiger partial charge >= 0.3 is 0 Å². The molecule has 0 amide bonds. The maximum atomic E-state index is 10.5. The van der Waals surface area contributed by atoms with Crippen LogP contribution in [-0.4, -0.2) is 18.3 Å². The van der Waals surface area contributed by atoms with Crippen LogP contribution in [0.2, 0.25) is 0 Å². The van der Waals surface area contributed by atoms with Gasteiger partial charge in [0.1, 0.15) is 17.6 Å². The molecule has 2 aromatic rings. The van der Waals surface area contributed by atoms with Crippen LogP contribution < -0.4 is 9.47 Å². The van der Waals surface area contributed by atoms with E-state index in [0.717, 1.165) is 28.2 Å². The van der Waals surface area contributed by atoms with Crippen molar-refractivity contribution >= 4 is 0 Å². The molecular formula is C18H22O3. The molecule has 1 N–H and O–H groups in total. The summed E-state index contributed by atoms with van der Waals surface area (Å²) in [4.78, 5) is 0. The Hall–Kier alpha value is -2.00. The summed E-state index contributed by atoms with van der Waals surface area (Å²) in [7, 11) is 1.64. The Labute approximate surface area is 126 Å². The summed E-state index contributed by atoms with van der Waals surface area (Å²) in [5, 5.41) is 10.5. The standard InChI is InChI=1S/C18H22O3/c1-12(2)21-16-8-5-14(6-9-16)18(19)15-7-10-17(20-4)13(3)11-15/h5-12,18-19H,1-4H3. The third-order valence-corrected chi connectivity index (χ3v) is 3.30. The third-order valence-electron chi connectivity index (χ3n) is 3.30. The molecule has 0 saturated heterocycles. The zero-order valence-corrected chi connectivity index (χ0v) is 13.0. The summed E-state index contributed by atoms with van der Waals surface area (Å²) in [6, 6.07) is 13.3. The predicted molar refractivity (Wildman–Crippen MR) is 84.0 cm³/mol. The van der Waals surface area contributed by atoms with Gasteiger partial charge in [-0.3, -0.25) is 0 Å². The van der Waals surface area contributed by atoms with Crippen LogP contribution in [0.4, 0.5) is 0 Å². The third kappa shape index (κ3) is 3.76. The quantitative estimate of drug-likeness (QED) is 0.906. The van der Waals surface area contributed by atoms with Crippen LogP contribution in [0.3, 0.4) is 0 Å². The molecule has 3 heteroatoms. The van der Waals surface area contributed by atoms with Crippen LogP contribution in [0.15, 0.2) is 42.5 Å². The van der Waals surface area contributed by atoms with Crippen molar-refractivity contribution in [1.29, 1.82) is 0 Å².